The molecule has 160 valence electrons. The largest absolute Gasteiger partial charge is 0.383 e. The summed E-state index contributed by atoms with van der Waals surface area (Å²) in [4.78, 5) is 3.32. The zero-order valence-corrected chi connectivity index (χ0v) is 19.2. The number of anilines is 2. The number of sulfonamides is 1. The van der Waals surface area contributed by atoms with Gasteiger partial charge in [-0.3, -0.25) is 4.72 Å². The SMILES string of the molecule is CC[C@H](CNc1cc(F)c(S(=O)(=O)Nc2nccs2)cc1Cl)Cc1cccc(Cl)c1. The zero-order chi connectivity index (χ0) is 21.7. The van der Waals surface area contributed by atoms with Gasteiger partial charge in [0.05, 0.1) is 10.7 Å². The van der Waals surface area contributed by atoms with Gasteiger partial charge in [-0.2, -0.15) is 0 Å². The van der Waals surface area contributed by atoms with E-state index in [1.165, 1.54) is 6.20 Å². The van der Waals surface area contributed by atoms with Crippen LogP contribution in [0.1, 0.15) is 18.9 Å². The van der Waals surface area contributed by atoms with Gasteiger partial charge in [0.1, 0.15) is 10.7 Å². The summed E-state index contributed by atoms with van der Waals surface area (Å²) in [7, 11) is -4.14. The molecule has 0 saturated heterocycles. The summed E-state index contributed by atoms with van der Waals surface area (Å²) < 4.78 is 41.8. The van der Waals surface area contributed by atoms with Gasteiger partial charge >= 0.3 is 0 Å². The van der Waals surface area contributed by atoms with Gasteiger partial charge in [-0.25, -0.2) is 17.8 Å². The predicted octanol–water partition coefficient (Wildman–Crippen LogP) is 6.07. The van der Waals surface area contributed by atoms with Crippen LogP contribution < -0.4 is 10.0 Å². The molecule has 0 bridgehead atoms. The van der Waals surface area contributed by atoms with E-state index in [0.29, 0.717) is 17.3 Å². The zero-order valence-electron chi connectivity index (χ0n) is 16.0. The number of halogens is 3. The molecule has 0 saturated carbocycles. The van der Waals surface area contributed by atoms with E-state index in [2.05, 4.69) is 21.9 Å². The Balaban J connectivity index is 1.71. The lowest BCUT2D eigenvalue weighted by atomic mass is 9.97. The maximum Gasteiger partial charge on any atom is 0.266 e. The number of nitrogens with zero attached hydrogens (tertiary/aromatic N) is 1. The van der Waals surface area contributed by atoms with Gasteiger partial charge in [-0.15, -0.1) is 11.3 Å². The number of hydrogen-bond donors (Lipinski definition) is 2. The van der Waals surface area contributed by atoms with Crippen molar-refractivity contribution in [3.8, 4) is 0 Å². The topological polar surface area (TPSA) is 71.1 Å². The number of benzene rings is 2. The lowest BCUT2D eigenvalue weighted by molar-refractivity contribution is 0.533. The second kappa shape index (κ2) is 9.96. The monoisotopic (exact) mass is 487 g/mol. The number of rotatable bonds is 9. The first-order valence-electron chi connectivity index (χ1n) is 9.18. The fraction of sp³-hybridized carbons (Fsp3) is 0.250. The molecule has 1 atom stereocenters. The average Bonchev–Trinajstić information content (AvgIpc) is 3.19. The minimum Gasteiger partial charge on any atom is -0.383 e. The summed E-state index contributed by atoms with van der Waals surface area (Å²) in [6.07, 6.45) is 3.14. The first-order valence-corrected chi connectivity index (χ1v) is 12.3. The van der Waals surface area contributed by atoms with E-state index in [-0.39, 0.29) is 16.1 Å². The van der Waals surface area contributed by atoms with Crippen molar-refractivity contribution in [2.45, 2.75) is 24.7 Å². The first-order chi connectivity index (χ1) is 14.3. The van der Waals surface area contributed by atoms with Gasteiger partial charge in [0.25, 0.3) is 10.0 Å². The molecule has 0 fully saturated rings. The third-order valence-corrected chi connectivity index (χ3v) is 7.26. The standard InChI is InChI=1S/C20H20Cl2FN3O2S2/c1-2-13(8-14-4-3-5-15(21)9-14)12-25-18-11-17(23)19(10-16(18)22)30(27,28)26-20-24-6-7-29-20/h3-7,9-11,13,25H,2,8,12H2,1H3,(H,24,26)/t13-/m0/s1. The molecule has 3 aromatic rings. The highest BCUT2D eigenvalue weighted by molar-refractivity contribution is 7.93. The maximum absolute atomic E-state index is 14.6. The molecular formula is C20H20Cl2FN3O2S2. The van der Waals surface area contributed by atoms with Gasteiger partial charge in [0.2, 0.25) is 0 Å². The van der Waals surface area contributed by atoms with Crippen molar-refractivity contribution in [2.24, 2.45) is 5.92 Å². The fourth-order valence-corrected chi connectivity index (χ4v) is 5.31. The summed E-state index contributed by atoms with van der Waals surface area (Å²) >= 11 is 13.4. The molecule has 2 aromatic carbocycles. The molecule has 10 heteroatoms. The molecule has 1 heterocycles. The van der Waals surface area contributed by atoms with E-state index in [0.717, 1.165) is 41.9 Å². The Morgan fingerprint density at radius 2 is 2.03 bits per heavy atom. The molecule has 2 N–H and O–H groups in total. The molecule has 0 aliphatic heterocycles. The van der Waals surface area contributed by atoms with Crippen molar-refractivity contribution in [2.75, 3.05) is 16.6 Å². The summed E-state index contributed by atoms with van der Waals surface area (Å²) in [5.41, 5.74) is 1.45. The van der Waals surface area contributed by atoms with Gasteiger partial charge in [-0.1, -0.05) is 48.7 Å². The molecule has 5 nitrogen and oxygen atoms in total. The molecule has 0 radical (unpaired) electrons. The van der Waals surface area contributed by atoms with E-state index in [4.69, 9.17) is 23.2 Å². The summed E-state index contributed by atoms with van der Waals surface area (Å²) in [6.45, 7) is 2.62. The van der Waals surface area contributed by atoms with Crippen molar-refractivity contribution >= 4 is 55.4 Å². The van der Waals surface area contributed by atoms with Crippen LogP contribution in [0.5, 0.6) is 0 Å². The van der Waals surface area contributed by atoms with Crippen LogP contribution in [0.2, 0.25) is 10.0 Å². The van der Waals surface area contributed by atoms with Gasteiger partial charge in [-0.05, 0) is 42.2 Å². The van der Waals surface area contributed by atoms with Crippen LogP contribution in [0.4, 0.5) is 15.2 Å². The minimum atomic E-state index is -4.14. The van der Waals surface area contributed by atoms with Crippen LogP contribution >= 0.6 is 34.5 Å². The third kappa shape index (κ3) is 5.85. The third-order valence-electron chi connectivity index (χ3n) is 4.54. The Hall–Kier alpha value is -1.87. The van der Waals surface area contributed by atoms with Crippen molar-refractivity contribution < 1.29 is 12.8 Å². The average molecular weight is 488 g/mol. The Bertz CT molecular complexity index is 1110. The second-order valence-corrected chi connectivity index (χ2v) is 10.1. The molecule has 30 heavy (non-hydrogen) atoms. The molecular weight excluding hydrogens is 468 g/mol. The molecule has 0 amide bonds. The van der Waals surface area contributed by atoms with E-state index in [9.17, 15) is 12.8 Å². The van der Waals surface area contributed by atoms with Crippen LogP contribution in [0.25, 0.3) is 0 Å². The predicted molar refractivity (Wildman–Crippen MR) is 122 cm³/mol. The van der Waals surface area contributed by atoms with Gasteiger partial charge in [0.15, 0.2) is 5.13 Å². The van der Waals surface area contributed by atoms with Crippen molar-refractivity contribution in [3.63, 3.8) is 0 Å². The fourth-order valence-electron chi connectivity index (χ4n) is 2.93. The Labute approximate surface area is 189 Å². The maximum atomic E-state index is 14.6. The van der Waals surface area contributed by atoms with Crippen LogP contribution in [-0.2, 0) is 16.4 Å². The van der Waals surface area contributed by atoms with Crippen molar-refractivity contribution in [1.29, 1.82) is 0 Å². The van der Waals surface area contributed by atoms with E-state index in [1.54, 1.807) is 5.38 Å². The summed E-state index contributed by atoms with van der Waals surface area (Å²) in [6, 6.07) is 9.87. The minimum absolute atomic E-state index is 0.119. The van der Waals surface area contributed by atoms with Gasteiger partial charge in [0, 0.05) is 23.1 Å². The van der Waals surface area contributed by atoms with E-state index in [1.807, 2.05) is 24.3 Å². The summed E-state index contributed by atoms with van der Waals surface area (Å²) in [5, 5.41) is 5.70. The van der Waals surface area contributed by atoms with Crippen molar-refractivity contribution in [3.05, 3.63) is 69.4 Å². The normalized spacial score (nSPS) is 12.5. The number of thiazole rings is 1. The smallest absolute Gasteiger partial charge is 0.266 e. The van der Waals surface area contributed by atoms with E-state index < -0.39 is 20.7 Å². The molecule has 0 unspecified atom stereocenters. The second-order valence-electron chi connectivity index (χ2n) is 6.69. The number of nitrogens with one attached hydrogen (secondary N) is 2. The highest BCUT2D eigenvalue weighted by atomic mass is 35.5. The first kappa shape index (κ1) is 22.8. The van der Waals surface area contributed by atoms with Gasteiger partial charge < -0.3 is 5.32 Å². The Morgan fingerprint density at radius 3 is 2.70 bits per heavy atom. The Morgan fingerprint density at radius 1 is 1.23 bits per heavy atom. The molecule has 3 rings (SSSR count). The van der Waals surface area contributed by atoms with Crippen LogP contribution in [-0.4, -0.2) is 19.9 Å². The highest BCUT2D eigenvalue weighted by Crippen LogP contribution is 2.30. The molecule has 0 spiro atoms. The lowest BCUT2D eigenvalue weighted by Crippen LogP contribution is -2.18. The molecule has 0 aliphatic rings. The Kier molecular flexibility index (Phi) is 7.57. The van der Waals surface area contributed by atoms with Crippen LogP contribution in [0.15, 0.2) is 52.9 Å². The quantitative estimate of drug-likeness (QED) is 0.384. The summed E-state index contributed by atoms with van der Waals surface area (Å²) in [5.74, 6) is -0.633. The number of aromatic nitrogens is 1. The van der Waals surface area contributed by atoms with Crippen molar-refractivity contribution in [1.82, 2.24) is 4.98 Å². The molecule has 1 aromatic heterocycles. The number of hydrogen-bond acceptors (Lipinski definition) is 5. The van der Waals surface area contributed by atoms with Crippen LogP contribution in [0, 0.1) is 11.7 Å². The highest BCUT2D eigenvalue weighted by Gasteiger charge is 2.22. The molecule has 0 aliphatic carbocycles. The van der Waals surface area contributed by atoms with Crippen LogP contribution in [0.3, 0.4) is 0 Å². The lowest BCUT2D eigenvalue weighted by Gasteiger charge is -2.18. The van der Waals surface area contributed by atoms with E-state index >= 15 is 0 Å².